The number of nitrogens with zero attached hydrogens (tertiary/aromatic N) is 3. The Bertz CT molecular complexity index is 666. The third-order valence-corrected chi connectivity index (χ3v) is 4.60. The minimum absolute atomic E-state index is 0. The lowest BCUT2D eigenvalue weighted by Gasteiger charge is -2.32. The first-order chi connectivity index (χ1) is 10.7. The van der Waals surface area contributed by atoms with E-state index in [-0.39, 0.29) is 30.7 Å². The summed E-state index contributed by atoms with van der Waals surface area (Å²) in [6, 6.07) is 8.00. The van der Waals surface area contributed by atoms with Gasteiger partial charge >= 0.3 is 0 Å². The Morgan fingerprint density at radius 3 is 2.58 bits per heavy atom. The summed E-state index contributed by atoms with van der Waals surface area (Å²) in [5.74, 6) is 1.80. The molecular formula is C17H26Cl2N4O. The van der Waals surface area contributed by atoms with Crippen molar-refractivity contribution in [2.75, 3.05) is 26.7 Å². The zero-order valence-electron chi connectivity index (χ0n) is 14.2. The van der Waals surface area contributed by atoms with E-state index in [2.05, 4.69) is 10.3 Å². The molecule has 0 unspecified atom stereocenters. The zero-order valence-corrected chi connectivity index (χ0v) is 15.8. The second-order valence-corrected chi connectivity index (χ2v) is 6.12. The molecule has 1 aliphatic rings. The fourth-order valence-electron chi connectivity index (χ4n) is 3.31. The third kappa shape index (κ3) is 4.41. The molecule has 1 aromatic heterocycles. The molecule has 1 N–H and O–H groups in total. The molecule has 7 heteroatoms. The predicted molar refractivity (Wildman–Crippen MR) is 102 cm³/mol. The van der Waals surface area contributed by atoms with Gasteiger partial charge in [0, 0.05) is 13.1 Å². The molecule has 1 aromatic carbocycles. The second-order valence-electron chi connectivity index (χ2n) is 6.12. The average molecular weight is 373 g/mol. The number of hydrogen-bond donors (Lipinski definition) is 1. The number of aromatic nitrogens is 2. The molecule has 1 amide bonds. The van der Waals surface area contributed by atoms with Crippen molar-refractivity contribution in [2.45, 2.75) is 26.3 Å². The van der Waals surface area contributed by atoms with Crippen molar-refractivity contribution in [3.63, 3.8) is 0 Å². The summed E-state index contributed by atoms with van der Waals surface area (Å²) >= 11 is 0. The molecule has 0 spiro atoms. The molecule has 0 bridgehead atoms. The van der Waals surface area contributed by atoms with Crippen LogP contribution in [0.1, 0.15) is 18.7 Å². The normalized spacial score (nSPS) is 15.0. The van der Waals surface area contributed by atoms with E-state index in [9.17, 15) is 4.79 Å². The minimum Gasteiger partial charge on any atom is -0.341 e. The number of fused-ring (bicyclic) bond motifs is 1. The van der Waals surface area contributed by atoms with Crippen LogP contribution in [0.5, 0.6) is 0 Å². The maximum atomic E-state index is 12.6. The number of imidazole rings is 1. The average Bonchev–Trinajstić information content (AvgIpc) is 2.84. The molecule has 134 valence electrons. The van der Waals surface area contributed by atoms with Crippen LogP contribution < -0.4 is 5.32 Å². The largest absolute Gasteiger partial charge is 0.341 e. The van der Waals surface area contributed by atoms with Crippen LogP contribution in [-0.4, -0.2) is 47.0 Å². The number of benzene rings is 1. The van der Waals surface area contributed by atoms with Gasteiger partial charge in [-0.25, -0.2) is 4.98 Å². The first-order valence-electron chi connectivity index (χ1n) is 8.03. The maximum Gasteiger partial charge on any atom is 0.242 e. The van der Waals surface area contributed by atoms with E-state index in [0.717, 1.165) is 49.3 Å². The van der Waals surface area contributed by atoms with E-state index in [4.69, 9.17) is 0 Å². The van der Waals surface area contributed by atoms with Crippen molar-refractivity contribution in [3.8, 4) is 0 Å². The highest BCUT2D eigenvalue weighted by atomic mass is 35.5. The van der Waals surface area contributed by atoms with Crippen LogP contribution in [0.15, 0.2) is 24.3 Å². The summed E-state index contributed by atoms with van der Waals surface area (Å²) < 4.78 is 2.03. The van der Waals surface area contributed by atoms with Crippen molar-refractivity contribution in [2.24, 2.45) is 5.92 Å². The highest BCUT2D eigenvalue weighted by Crippen LogP contribution is 2.19. The summed E-state index contributed by atoms with van der Waals surface area (Å²) in [5, 5.41) is 3.23. The summed E-state index contributed by atoms with van der Waals surface area (Å²) in [7, 11) is 1.99. The molecule has 1 saturated heterocycles. The number of carbonyl (C=O) groups excluding carboxylic acids is 1. The predicted octanol–water partition coefficient (Wildman–Crippen LogP) is 2.65. The smallest absolute Gasteiger partial charge is 0.242 e. The Labute approximate surface area is 155 Å². The van der Waals surface area contributed by atoms with Crippen LogP contribution in [-0.2, 0) is 11.3 Å². The Kier molecular flexibility index (Phi) is 8.00. The monoisotopic (exact) mass is 372 g/mol. The molecule has 0 atom stereocenters. The fourth-order valence-corrected chi connectivity index (χ4v) is 3.31. The fraction of sp³-hybridized carbons (Fsp3) is 0.529. The van der Waals surface area contributed by atoms with Gasteiger partial charge in [0.1, 0.15) is 12.4 Å². The van der Waals surface area contributed by atoms with Crippen molar-refractivity contribution in [3.05, 3.63) is 30.1 Å². The number of halogens is 2. The molecule has 24 heavy (non-hydrogen) atoms. The zero-order chi connectivity index (χ0) is 15.5. The van der Waals surface area contributed by atoms with Gasteiger partial charge in [0.05, 0.1) is 11.0 Å². The third-order valence-electron chi connectivity index (χ3n) is 4.60. The number of hydrogen-bond acceptors (Lipinski definition) is 3. The first-order valence-corrected chi connectivity index (χ1v) is 8.03. The number of piperidine rings is 1. The molecular weight excluding hydrogens is 347 g/mol. The van der Waals surface area contributed by atoms with Crippen LogP contribution in [0, 0.1) is 12.8 Å². The lowest BCUT2D eigenvalue weighted by molar-refractivity contribution is -0.133. The highest BCUT2D eigenvalue weighted by Gasteiger charge is 2.23. The lowest BCUT2D eigenvalue weighted by Crippen LogP contribution is -2.41. The van der Waals surface area contributed by atoms with Crippen molar-refractivity contribution >= 4 is 41.8 Å². The Hall–Kier alpha value is -1.30. The van der Waals surface area contributed by atoms with E-state index < -0.39 is 0 Å². The van der Waals surface area contributed by atoms with Gasteiger partial charge < -0.3 is 14.8 Å². The topological polar surface area (TPSA) is 50.2 Å². The summed E-state index contributed by atoms with van der Waals surface area (Å²) in [4.78, 5) is 19.1. The number of likely N-dealkylation sites (tertiary alicyclic amines) is 1. The van der Waals surface area contributed by atoms with E-state index in [1.807, 2.05) is 47.7 Å². The summed E-state index contributed by atoms with van der Waals surface area (Å²) in [6.45, 7) is 5.15. The van der Waals surface area contributed by atoms with E-state index >= 15 is 0 Å². The van der Waals surface area contributed by atoms with Crippen molar-refractivity contribution < 1.29 is 4.79 Å². The SMILES string of the molecule is CNCC1CCN(C(=O)Cn2c(C)nc3ccccc32)CC1.Cl.Cl. The van der Waals surface area contributed by atoms with Gasteiger partial charge in [0.2, 0.25) is 5.91 Å². The number of nitrogens with one attached hydrogen (secondary N) is 1. The second kappa shape index (κ2) is 9.25. The summed E-state index contributed by atoms with van der Waals surface area (Å²) in [6.07, 6.45) is 2.19. The maximum absolute atomic E-state index is 12.6. The lowest BCUT2D eigenvalue weighted by atomic mass is 9.97. The molecule has 2 aromatic rings. The van der Waals surface area contributed by atoms with Crippen LogP contribution in [0.2, 0.25) is 0 Å². The van der Waals surface area contributed by atoms with Crippen molar-refractivity contribution in [1.82, 2.24) is 19.8 Å². The van der Waals surface area contributed by atoms with Crippen LogP contribution in [0.25, 0.3) is 11.0 Å². The standard InChI is InChI=1S/C17H24N4O.2ClH/c1-13-19-15-5-3-4-6-16(15)21(13)12-17(22)20-9-7-14(8-10-20)11-18-2;;/h3-6,14,18H,7-12H2,1-2H3;2*1H. The molecule has 1 fully saturated rings. The minimum atomic E-state index is 0. The Morgan fingerprint density at radius 2 is 1.92 bits per heavy atom. The quantitative estimate of drug-likeness (QED) is 0.897. The van der Waals surface area contributed by atoms with Crippen molar-refractivity contribution in [1.29, 1.82) is 0 Å². The van der Waals surface area contributed by atoms with Gasteiger partial charge in [-0.05, 0) is 51.4 Å². The van der Waals surface area contributed by atoms with Gasteiger partial charge in [-0.15, -0.1) is 24.8 Å². The molecule has 2 heterocycles. The van der Waals surface area contributed by atoms with Crippen LogP contribution in [0.4, 0.5) is 0 Å². The van der Waals surface area contributed by atoms with E-state index in [1.54, 1.807) is 0 Å². The molecule has 5 nitrogen and oxygen atoms in total. The van der Waals surface area contributed by atoms with Gasteiger partial charge in [-0.2, -0.15) is 0 Å². The van der Waals surface area contributed by atoms with E-state index in [0.29, 0.717) is 12.5 Å². The van der Waals surface area contributed by atoms with E-state index in [1.165, 1.54) is 0 Å². The number of rotatable bonds is 4. The number of aryl methyl sites for hydroxylation is 1. The Morgan fingerprint density at radius 1 is 1.25 bits per heavy atom. The highest BCUT2D eigenvalue weighted by molar-refractivity contribution is 5.85. The number of para-hydroxylation sites is 2. The molecule has 3 rings (SSSR count). The number of carbonyl (C=O) groups is 1. The van der Waals surface area contributed by atoms with Crippen LogP contribution in [0.3, 0.4) is 0 Å². The van der Waals surface area contributed by atoms with Crippen LogP contribution >= 0.6 is 24.8 Å². The number of amides is 1. The van der Waals surface area contributed by atoms with Gasteiger partial charge in [0.25, 0.3) is 0 Å². The van der Waals surface area contributed by atoms with Gasteiger partial charge in [-0.3, -0.25) is 4.79 Å². The van der Waals surface area contributed by atoms with Gasteiger partial charge in [-0.1, -0.05) is 12.1 Å². The molecule has 1 aliphatic heterocycles. The Balaban J connectivity index is 0.00000144. The molecule has 0 radical (unpaired) electrons. The first kappa shape index (κ1) is 20.7. The summed E-state index contributed by atoms with van der Waals surface area (Å²) in [5.41, 5.74) is 2.00. The molecule has 0 aliphatic carbocycles. The van der Waals surface area contributed by atoms with Gasteiger partial charge in [0.15, 0.2) is 0 Å². The molecule has 0 saturated carbocycles.